The maximum Gasteiger partial charge on any atom is 0.472 e. The highest BCUT2D eigenvalue weighted by Crippen LogP contribution is 2.43. The molecule has 0 radical (unpaired) electrons. The van der Waals surface area contributed by atoms with Gasteiger partial charge in [0.2, 0.25) is 0 Å². The maximum atomic E-state index is 12.7. The number of hydrogen-bond acceptors (Lipinski definition) is 7. The lowest BCUT2D eigenvalue weighted by atomic mass is 10.1. The molecular weight excluding hydrogens is 750 g/mol. The Morgan fingerprint density at radius 3 is 1.41 bits per heavy atom. The zero-order chi connectivity index (χ0) is 42.8. The summed E-state index contributed by atoms with van der Waals surface area (Å²) >= 11 is 0. The topological polar surface area (TPSA) is 108 Å². The van der Waals surface area contributed by atoms with Gasteiger partial charge in [0, 0.05) is 12.8 Å². The van der Waals surface area contributed by atoms with Crippen LogP contribution in [0.4, 0.5) is 0 Å². The van der Waals surface area contributed by atoms with E-state index >= 15 is 0 Å². The Hall–Kier alpha value is -1.77. The number of carbonyl (C=O) groups is 2. The number of rotatable bonds is 43. The van der Waals surface area contributed by atoms with Gasteiger partial charge in [-0.25, -0.2) is 4.57 Å². The van der Waals surface area contributed by atoms with Crippen molar-refractivity contribution in [3.05, 3.63) is 36.5 Å². The average Bonchev–Trinajstić information content (AvgIpc) is 3.17. The molecule has 10 heteroatoms. The third kappa shape index (κ3) is 43.8. The molecule has 0 aromatic heterocycles. The van der Waals surface area contributed by atoms with Gasteiger partial charge in [-0.3, -0.25) is 18.6 Å². The lowest BCUT2D eigenvalue weighted by molar-refractivity contribution is -0.870. The number of quaternary nitrogens is 1. The largest absolute Gasteiger partial charge is 0.472 e. The fourth-order valence-corrected chi connectivity index (χ4v) is 7.13. The predicted octanol–water partition coefficient (Wildman–Crippen LogP) is 13.7. The minimum Gasteiger partial charge on any atom is -0.462 e. The van der Waals surface area contributed by atoms with Gasteiger partial charge < -0.3 is 18.9 Å². The molecule has 0 fully saturated rings. The lowest BCUT2D eigenvalue weighted by Gasteiger charge is -2.24. The van der Waals surface area contributed by atoms with Crippen molar-refractivity contribution in [2.24, 2.45) is 0 Å². The van der Waals surface area contributed by atoms with Gasteiger partial charge in [0.1, 0.15) is 19.8 Å². The standard InChI is InChI=1S/C48H90NO8P/c1-6-8-10-12-14-16-18-20-22-23-24-25-27-28-30-32-34-36-38-40-47(50)54-44-46(45-56-58(52,53)55-43-42-49(3,4)5)57-48(51)41-39-37-35-33-31-29-26-21-19-17-15-13-11-9-7-2/h15,17,20-22,26,46H,6-14,16,18-19,23-25,27-45H2,1-5H3/p+1/b17-15-,22-20-,26-21-. The Kier molecular flexibility index (Phi) is 39.4. The summed E-state index contributed by atoms with van der Waals surface area (Å²) < 4.78 is 34.4. The summed E-state index contributed by atoms with van der Waals surface area (Å²) in [4.78, 5) is 35.4. The van der Waals surface area contributed by atoms with Gasteiger partial charge in [-0.1, -0.05) is 159 Å². The Bertz CT molecular complexity index is 1090. The fourth-order valence-electron chi connectivity index (χ4n) is 6.39. The summed E-state index contributed by atoms with van der Waals surface area (Å²) in [5.41, 5.74) is 0. The van der Waals surface area contributed by atoms with Gasteiger partial charge in [0.05, 0.1) is 27.7 Å². The quantitative estimate of drug-likeness (QED) is 0.0213. The van der Waals surface area contributed by atoms with E-state index in [1.807, 2.05) is 21.1 Å². The Morgan fingerprint density at radius 2 is 0.931 bits per heavy atom. The molecule has 0 aliphatic rings. The first-order valence-corrected chi connectivity index (χ1v) is 25.2. The highest BCUT2D eigenvalue weighted by molar-refractivity contribution is 7.47. The SMILES string of the molecule is CCCCC/C=C\C/C=C\CCCCCCCC(=O)OC(COC(=O)CCCCCCCCCCC/C=C\CCCCCCCC)COP(=O)(O)OCC[N+](C)(C)C. The summed E-state index contributed by atoms with van der Waals surface area (Å²) in [5.74, 6) is -0.813. The summed E-state index contributed by atoms with van der Waals surface area (Å²) in [7, 11) is 1.47. The molecule has 0 bridgehead atoms. The molecule has 0 spiro atoms. The van der Waals surface area contributed by atoms with Gasteiger partial charge in [0.25, 0.3) is 0 Å². The molecular formula is C48H91NO8P+. The summed E-state index contributed by atoms with van der Waals surface area (Å²) in [6.45, 7) is 4.39. The molecule has 0 heterocycles. The van der Waals surface area contributed by atoms with Crippen LogP contribution in [-0.4, -0.2) is 74.9 Å². The second kappa shape index (κ2) is 40.6. The van der Waals surface area contributed by atoms with E-state index in [1.165, 1.54) is 116 Å². The highest BCUT2D eigenvalue weighted by atomic mass is 31.2. The van der Waals surface area contributed by atoms with E-state index in [0.29, 0.717) is 17.4 Å². The fraction of sp³-hybridized carbons (Fsp3) is 0.833. The molecule has 0 rings (SSSR count). The van der Waals surface area contributed by atoms with Crippen molar-refractivity contribution in [2.75, 3.05) is 47.5 Å². The molecule has 0 saturated heterocycles. The molecule has 9 nitrogen and oxygen atoms in total. The van der Waals surface area contributed by atoms with Gasteiger partial charge in [-0.2, -0.15) is 0 Å². The second-order valence-electron chi connectivity index (χ2n) is 17.1. The molecule has 0 saturated carbocycles. The van der Waals surface area contributed by atoms with Crippen LogP contribution in [0, 0.1) is 0 Å². The Morgan fingerprint density at radius 1 is 0.534 bits per heavy atom. The minimum atomic E-state index is -4.38. The molecule has 1 N–H and O–H groups in total. The summed E-state index contributed by atoms with van der Waals surface area (Å²) in [6, 6.07) is 0. The smallest absolute Gasteiger partial charge is 0.462 e. The van der Waals surface area contributed by atoms with Crippen molar-refractivity contribution < 1.29 is 42.1 Å². The molecule has 340 valence electrons. The maximum absolute atomic E-state index is 12.7. The summed E-state index contributed by atoms with van der Waals surface area (Å²) in [6.07, 6.45) is 46.2. The van der Waals surface area contributed by atoms with Gasteiger partial charge in [-0.05, 0) is 70.6 Å². The number of unbranched alkanes of at least 4 members (excludes halogenated alkanes) is 23. The first kappa shape index (κ1) is 56.2. The predicted molar refractivity (Wildman–Crippen MR) is 243 cm³/mol. The molecule has 0 aliphatic carbocycles. The van der Waals surface area contributed by atoms with E-state index in [4.69, 9.17) is 18.5 Å². The number of allylic oxidation sites excluding steroid dienone is 6. The van der Waals surface area contributed by atoms with Crippen molar-refractivity contribution in [2.45, 2.75) is 213 Å². The van der Waals surface area contributed by atoms with Crippen LogP contribution in [0.2, 0.25) is 0 Å². The molecule has 0 aromatic rings. The third-order valence-corrected chi connectivity index (χ3v) is 11.1. The number of likely N-dealkylation sites (N-methyl/N-ethyl adjacent to an activating group) is 1. The number of phosphoric ester groups is 1. The monoisotopic (exact) mass is 841 g/mol. The zero-order valence-corrected chi connectivity index (χ0v) is 39.2. The molecule has 2 unspecified atom stereocenters. The number of esters is 2. The van der Waals surface area contributed by atoms with Crippen LogP contribution in [0.25, 0.3) is 0 Å². The number of nitrogens with zero attached hydrogens (tertiary/aromatic N) is 1. The Balaban J connectivity index is 4.31. The van der Waals surface area contributed by atoms with E-state index in [1.54, 1.807) is 0 Å². The highest BCUT2D eigenvalue weighted by Gasteiger charge is 2.27. The van der Waals surface area contributed by atoms with Crippen LogP contribution >= 0.6 is 7.82 Å². The van der Waals surface area contributed by atoms with E-state index in [9.17, 15) is 19.0 Å². The third-order valence-electron chi connectivity index (χ3n) is 10.1. The van der Waals surface area contributed by atoms with E-state index in [2.05, 4.69) is 50.3 Å². The first-order valence-electron chi connectivity index (χ1n) is 23.7. The number of phosphoric acid groups is 1. The van der Waals surface area contributed by atoms with Crippen molar-refractivity contribution in [3.8, 4) is 0 Å². The molecule has 58 heavy (non-hydrogen) atoms. The van der Waals surface area contributed by atoms with Crippen molar-refractivity contribution in [1.82, 2.24) is 0 Å². The van der Waals surface area contributed by atoms with Crippen molar-refractivity contribution >= 4 is 19.8 Å². The molecule has 2 atom stereocenters. The zero-order valence-electron chi connectivity index (χ0n) is 38.3. The van der Waals surface area contributed by atoms with Gasteiger partial charge in [0.15, 0.2) is 6.10 Å². The number of hydrogen-bond donors (Lipinski definition) is 1. The van der Waals surface area contributed by atoms with Crippen molar-refractivity contribution in [1.29, 1.82) is 0 Å². The number of carbonyl (C=O) groups excluding carboxylic acids is 2. The van der Waals surface area contributed by atoms with Crippen LogP contribution in [0.15, 0.2) is 36.5 Å². The van der Waals surface area contributed by atoms with Crippen molar-refractivity contribution in [3.63, 3.8) is 0 Å². The van der Waals surface area contributed by atoms with Crippen LogP contribution in [0.1, 0.15) is 206 Å². The van der Waals surface area contributed by atoms with Crippen LogP contribution in [0.3, 0.4) is 0 Å². The van der Waals surface area contributed by atoms with Gasteiger partial charge >= 0.3 is 19.8 Å². The first-order chi connectivity index (χ1) is 28.0. The van der Waals surface area contributed by atoms with Crippen LogP contribution in [0.5, 0.6) is 0 Å². The molecule has 0 amide bonds. The van der Waals surface area contributed by atoms with E-state index in [0.717, 1.165) is 57.8 Å². The average molecular weight is 841 g/mol. The number of ether oxygens (including phenoxy) is 2. The lowest BCUT2D eigenvalue weighted by Crippen LogP contribution is -2.37. The normalized spacial score (nSPS) is 13.8. The molecule has 0 aromatic carbocycles. The van der Waals surface area contributed by atoms with Gasteiger partial charge in [-0.15, -0.1) is 0 Å². The van der Waals surface area contributed by atoms with Crippen LogP contribution < -0.4 is 0 Å². The van der Waals surface area contributed by atoms with E-state index in [-0.39, 0.29) is 32.0 Å². The van der Waals surface area contributed by atoms with E-state index < -0.39 is 26.5 Å². The minimum absolute atomic E-state index is 0.0286. The van der Waals surface area contributed by atoms with Crippen LogP contribution in [-0.2, 0) is 32.7 Å². The molecule has 0 aliphatic heterocycles. The summed E-state index contributed by atoms with van der Waals surface area (Å²) in [5, 5.41) is 0. The Labute approximate surface area is 357 Å². The second-order valence-corrected chi connectivity index (χ2v) is 18.6.